The van der Waals surface area contributed by atoms with Crippen molar-refractivity contribution in [3.63, 3.8) is 0 Å². The molecular formula is C11H13BrClNO6S. The molecule has 1 unspecified atom stereocenters. The highest BCUT2D eigenvalue weighted by atomic mass is 79.9. The first-order valence-corrected chi connectivity index (χ1v) is 8.22. The second-order valence-electron chi connectivity index (χ2n) is 4.03. The fraction of sp³-hybridized carbons (Fsp3) is 0.364. The van der Waals surface area contributed by atoms with Crippen LogP contribution in [0.2, 0.25) is 5.02 Å². The van der Waals surface area contributed by atoms with Crippen molar-refractivity contribution in [1.29, 1.82) is 0 Å². The minimum absolute atomic E-state index is 0.0315. The molecule has 0 saturated heterocycles. The van der Waals surface area contributed by atoms with Gasteiger partial charge in [-0.2, -0.15) is 0 Å². The van der Waals surface area contributed by atoms with Crippen LogP contribution in [0, 0.1) is 0 Å². The van der Waals surface area contributed by atoms with Gasteiger partial charge in [-0.05, 0) is 28.1 Å². The molecule has 10 heteroatoms. The number of hydrogen-bond acceptors (Lipinski definition) is 5. The number of hydrogen-bond donors (Lipinski definition) is 3. The monoisotopic (exact) mass is 401 g/mol. The maximum Gasteiger partial charge on any atom is 0.337 e. The summed E-state index contributed by atoms with van der Waals surface area (Å²) in [6, 6.07) is 1.28. The van der Waals surface area contributed by atoms with Crippen LogP contribution in [-0.2, 0) is 14.8 Å². The van der Waals surface area contributed by atoms with Gasteiger partial charge >= 0.3 is 5.97 Å². The molecule has 0 heterocycles. The average Bonchev–Trinajstić information content (AvgIpc) is 2.40. The van der Waals surface area contributed by atoms with Crippen LogP contribution < -0.4 is 4.72 Å². The molecule has 0 aliphatic heterocycles. The summed E-state index contributed by atoms with van der Waals surface area (Å²) in [6.07, 6.45) is 0. The lowest BCUT2D eigenvalue weighted by atomic mass is 10.2. The summed E-state index contributed by atoms with van der Waals surface area (Å²) in [6.45, 7) is -0.496. The van der Waals surface area contributed by atoms with Gasteiger partial charge in [0.25, 0.3) is 0 Å². The third-order valence-electron chi connectivity index (χ3n) is 2.45. The van der Waals surface area contributed by atoms with Gasteiger partial charge in [0.05, 0.1) is 34.7 Å². The topological polar surface area (TPSA) is 113 Å². The van der Waals surface area contributed by atoms with E-state index in [-0.39, 0.29) is 26.6 Å². The van der Waals surface area contributed by atoms with Crippen LogP contribution in [0.15, 0.2) is 21.5 Å². The van der Waals surface area contributed by atoms with E-state index in [1.165, 1.54) is 13.2 Å². The van der Waals surface area contributed by atoms with Gasteiger partial charge in [-0.15, -0.1) is 0 Å². The lowest BCUT2D eigenvalue weighted by molar-refractivity contribution is 0.0696. The molecule has 1 aromatic rings. The van der Waals surface area contributed by atoms with Crippen molar-refractivity contribution >= 4 is 43.5 Å². The number of halogens is 2. The molecule has 0 amide bonds. The highest BCUT2D eigenvalue weighted by Crippen LogP contribution is 2.30. The minimum Gasteiger partial charge on any atom is -0.478 e. The molecule has 21 heavy (non-hydrogen) atoms. The summed E-state index contributed by atoms with van der Waals surface area (Å²) in [7, 11) is -2.67. The zero-order valence-corrected chi connectivity index (χ0v) is 14.0. The number of aromatic carboxylic acids is 1. The lowest BCUT2D eigenvalue weighted by Crippen LogP contribution is -2.40. The van der Waals surface area contributed by atoms with Crippen molar-refractivity contribution in [2.45, 2.75) is 10.9 Å². The average molecular weight is 403 g/mol. The standard InChI is InChI=1S/C11H13BrClNO6S/c1-20-5-6(4-15)14-21(18,19)7-2-8(11(16)17)10(13)9(12)3-7/h2-3,6,14-15H,4-5H2,1H3,(H,16,17). The number of ether oxygens (including phenoxy) is 1. The van der Waals surface area contributed by atoms with Crippen molar-refractivity contribution in [2.75, 3.05) is 20.3 Å². The number of sulfonamides is 1. The molecule has 0 aliphatic rings. The van der Waals surface area contributed by atoms with E-state index in [0.717, 1.165) is 6.07 Å². The molecule has 0 aromatic heterocycles. The Balaban J connectivity index is 3.23. The highest BCUT2D eigenvalue weighted by molar-refractivity contribution is 9.10. The van der Waals surface area contributed by atoms with E-state index in [9.17, 15) is 13.2 Å². The molecule has 0 fully saturated rings. The molecule has 1 rings (SSSR count). The summed E-state index contributed by atoms with van der Waals surface area (Å²) in [5.41, 5.74) is -0.348. The van der Waals surface area contributed by atoms with Crippen molar-refractivity contribution in [3.05, 3.63) is 27.2 Å². The summed E-state index contributed by atoms with van der Waals surface area (Å²) in [5.74, 6) is -1.35. The highest BCUT2D eigenvalue weighted by Gasteiger charge is 2.23. The molecule has 0 saturated carbocycles. The smallest absolute Gasteiger partial charge is 0.337 e. The Kier molecular flexibility index (Phi) is 6.57. The van der Waals surface area contributed by atoms with Crippen molar-refractivity contribution in [2.24, 2.45) is 0 Å². The number of carboxylic acids is 1. The Morgan fingerprint density at radius 1 is 1.52 bits per heavy atom. The van der Waals surface area contributed by atoms with Crippen LogP contribution in [0.5, 0.6) is 0 Å². The number of rotatable bonds is 7. The zero-order valence-electron chi connectivity index (χ0n) is 10.8. The van der Waals surface area contributed by atoms with Crippen LogP contribution in [0.4, 0.5) is 0 Å². The van der Waals surface area contributed by atoms with Gasteiger partial charge in [0.2, 0.25) is 10.0 Å². The number of nitrogens with one attached hydrogen (secondary N) is 1. The van der Waals surface area contributed by atoms with Gasteiger partial charge in [-0.3, -0.25) is 0 Å². The lowest BCUT2D eigenvalue weighted by Gasteiger charge is -2.16. The van der Waals surface area contributed by atoms with Gasteiger partial charge in [-0.1, -0.05) is 11.6 Å². The first-order chi connectivity index (χ1) is 9.72. The first-order valence-electron chi connectivity index (χ1n) is 5.57. The van der Waals surface area contributed by atoms with E-state index in [1.54, 1.807) is 0 Å². The third-order valence-corrected chi connectivity index (χ3v) is 5.21. The van der Waals surface area contributed by atoms with Crippen molar-refractivity contribution < 1.29 is 28.2 Å². The van der Waals surface area contributed by atoms with Gasteiger partial charge < -0.3 is 14.9 Å². The number of aliphatic hydroxyl groups excluding tert-OH is 1. The largest absolute Gasteiger partial charge is 0.478 e. The number of carboxylic acid groups (broad SMARTS) is 1. The maximum atomic E-state index is 12.2. The quantitative estimate of drug-likeness (QED) is 0.629. The fourth-order valence-corrected chi connectivity index (χ4v) is 3.55. The molecule has 3 N–H and O–H groups in total. The van der Waals surface area contributed by atoms with Crippen LogP contribution >= 0.6 is 27.5 Å². The summed E-state index contributed by atoms with van der Waals surface area (Å²) in [5, 5.41) is 18.0. The van der Waals surface area contributed by atoms with E-state index in [4.69, 9.17) is 26.6 Å². The van der Waals surface area contributed by atoms with Crippen molar-refractivity contribution in [3.8, 4) is 0 Å². The van der Waals surface area contributed by atoms with Gasteiger partial charge in [0.1, 0.15) is 0 Å². The van der Waals surface area contributed by atoms with E-state index in [2.05, 4.69) is 20.7 Å². The zero-order chi connectivity index (χ0) is 16.2. The maximum absolute atomic E-state index is 12.2. The van der Waals surface area contributed by atoms with Crippen LogP contribution in [0.3, 0.4) is 0 Å². The predicted molar refractivity (Wildman–Crippen MR) is 79.2 cm³/mol. The van der Waals surface area contributed by atoms with Crippen molar-refractivity contribution in [1.82, 2.24) is 4.72 Å². The Bertz CT molecular complexity index is 636. The normalized spacial score (nSPS) is 13.1. The molecule has 7 nitrogen and oxygen atoms in total. The Morgan fingerprint density at radius 2 is 2.14 bits per heavy atom. The Labute approximate surface area is 135 Å². The third kappa shape index (κ3) is 4.63. The molecular weight excluding hydrogens is 390 g/mol. The minimum atomic E-state index is -4.03. The van der Waals surface area contributed by atoms with Gasteiger partial charge in [0, 0.05) is 11.6 Å². The van der Waals surface area contributed by atoms with E-state index in [1.807, 2.05) is 0 Å². The van der Waals surface area contributed by atoms with Crippen LogP contribution in [0.25, 0.3) is 0 Å². The molecule has 0 aliphatic carbocycles. The number of benzene rings is 1. The number of aliphatic hydroxyl groups is 1. The Morgan fingerprint density at radius 3 is 2.62 bits per heavy atom. The number of carbonyl (C=O) groups is 1. The van der Waals surface area contributed by atoms with E-state index in [0.29, 0.717) is 0 Å². The van der Waals surface area contributed by atoms with E-state index < -0.39 is 28.6 Å². The molecule has 1 atom stereocenters. The van der Waals surface area contributed by atoms with Gasteiger partial charge in [-0.25, -0.2) is 17.9 Å². The number of methoxy groups -OCH3 is 1. The molecule has 1 aromatic carbocycles. The molecule has 0 bridgehead atoms. The summed E-state index contributed by atoms with van der Waals surface area (Å²) >= 11 is 8.80. The second-order valence-corrected chi connectivity index (χ2v) is 6.97. The summed E-state index contributed by atoms with van der Waals surface area (Å²) < 4.78 is 31.5. The fourth-order valence-electron chi connectivity index (χ4n) is 1.49. The van der Waals surface area contributed by atoms with E-state index >= 15 is 0 Å². The molecule has 0 spiro atoms. The Hall–Kier alpha value is -0.710. The molecule has 118 valence electrons. The predicted octanol–water partition coefficient (Wildman–Crippen LogP) is 1.09. The van der Waals surface area contributed by atoms with Crippen LogP contribution in [0.1, 0.15) is 10.4 Å². The van der Waals surface area contributed by atoms with Gasteiger partial charge in [0.15, 0.2) is 0 Å². The SMILES string of the molecule is COCC(CO)NS(=O)(=O)c1cc(Br)c(Cl)c(C(=O)O)c1. The van der Waals surface area contributed by atoms with Crippen LogP contribution in [-0.4, -0.2) is 51.0 Å². The molecule has 0 radical (unpaired) electrons. The summed E-state index contributed by atoms with van der Waals surface area (Å²) in [4.78, 5) is 10.8. The second kappa shape index (κ2) is 7.52. The first kappa shape index (κ1) is 18.3.